The van der Waals surface area contributed by atoms with E-state index in [9.17, 15) is 4.79 Å². The summed E-state index contributed by atoms with van der Waals surface area (Å²) in [5.74, 6) is 0. The SMILES string of the molecule is Cc1ccc(-c2coc3ccc(Cl)cc3c2=O)cc1. The maximum Gasteiger partial charge on any atom is 0.200 e. The Morgan fingerprint density at radius 3 is 2.53 bits per heavy atom. The molecule has 0 saturated heterocycles. The van der Waals surface area contributed by atoms with Crippen LogP contribution >= 0.6 is 11.6 Å². The van der Waals surface area contributed by atoms with Crippen molar-refractivity contribution in [2.45, 2.75) is 6.92 Å². The van der Waals surface area contributed by atoms with E-state index in [2.05, 4.69) is 0 Å². The van der Waals surface area contributed by atoms with Gasteiger partial charge in [-0.25, -0.2) is 0 Å². The highest BCUT2D eigenvalue weighted by atomic mass is 35.5. The number of rotatable bonds is 1. The summed E-state index contributed by atoms with van der Waals surface area (Å²) in [6.45, 7) is 2.01. The maximum absolute atomic E-state index is 12.4. The molecule has 0 spiro atoms. The molecule has 2 nitrogen and oxygen atoms in total. The Labute approximate surface area is 115 Å². The fourth-order valence-corrected chi connectivity index (χ4v) is 2.21. The third-order valence-electron chi connectivity index (χ3n) is 3.10. The van der Waals surface area contributed by atoms with Gasteiger partial charge in [0.1, 0.15) is 11.8 Å². The van der Waals surface area contributed by atoms with Crippen molar-refractivity contribution in [2.75, 3.05) is 0 Å². The Morgan fingerprint density at radius 1 is 1.05 bits per heavy atom. The molecule has 1 heterocycles. The van der Waals surface area contributed by atoms with Crippen molar-refractivity contribution in [3.05, 3.63) is 69.5 Å². The number of benzene rings is 2. The van der Waals surface area contributed by atoms with Crippen LogP contribution < -0.4 is 5.43 Å². The summed E-state index contributed by atoms with van der Waals surface area (Å²) >= 11 is 5.93. The van der Waals surface area contributed by atoms with Crippen LogP contribution in [0, 0.1) is 6.92 Å². The molecule has 0 aliphatic carbocycles. The molecule has 1 aromatic heterocycles. The zero-order valence-electron chi connectivity index (χ0n) is 10.3. The zero-order chi connectivity index (χ0) is 13.4. The van der Waals surface area contributed by atoms with Crippen molar-refractivity contribution in [1.29, 1.82) is 0 Å². The van der Waals surface area contributed by atoms with Crippen molar-refractivity contribution in [3.8, 4) is 11.1 Å². The minimum Gasteiger partial charge on any atom is -0.463 e. The number of aryl methyl sites for hydroxylation is 1. The Bertz CT molecular complexity index is 801. The van der Waals surface area contributed by atoms with E-state index in [1.165, 1.54) is 6.26 Å². The third-order valence-corrected chi connectivity index (χ3v) is 3.33. The van der Waals surface area contributed by atoms with E-state index >= 15 is 0 Å². The number of hydrogen-bond donors (Lipinski definition) is 0. The molecule has 0 aliphatic heterocycles. The van der Waals surface area contributed by atoms with Gasteiger partial charge in [0.2, 0.25) is 5.43 Å². The van der Waals surface area contributed by atoms with Crippen molar-refractivity contribution >= 4 is 22.6 Å². The summed E-state index contributed by atoms with van der Waals surface area (Å²) in [7, 11) is 0. The van der Waals surface area contributed by atoms with Crippen LogP contribution in [0.1, 0.15) is 5.56 Å². The summed E-state index contributed by atoms with van der Waals surface area (Å²) in [6, 6.07) is 12.8. The van der Waals surface area contributed by atoms with E-state index in [4.69, 9.17) is 16.0 Å². The Hall–Kier alpha value is -2.06. The van der Waals surface area contributed by atoms with Crippen LogP contribution in [0.4, 0.5) is 0 Å². The molecule has 94 valence electrons. The van der Waals surface area contributed by atoms with Gasteiger partial charge in [-0.2, -0.15) is 0 Å². The molecule has 19 heavy (non-hydrogen) atoms. The topological polar surface area (TPSA) is 30.2 Å². The van der Waals surface area contributed by atoms with Crippen molar-refractivity contribution in [2.24, 2.45) is 0 Å². The molecule has 2 aromatic carbocycles. The van der Waals surface area contributed by atoms with E-state index in [0.717, 1.165) is 11.1 Å². The van der Waals surface area contributed by atoms with Crippen LogP contribution in [0.3, 0.4) is 0 Å². The van der Waals surface area contributed by atoms with E-state index in [0.29, 0.717) is 21.6 Å². The summed E-state index contributed by atoms with van der Waals surface area (Å²) in [6.07, 6.45) is 1.50. The Balaban J connectivity index is 2.28. The summed E-state index contributed by atoms with van der Waals surface area (Å²) in [5, 5.41) is 1.03. The van der Waals surface area contributed by atoms with Crippen LogP contribution in [-0.2, 0) is 0 Å². The standard InChI is InChI=1S/C16H11ClO2/c1-10-2-4-11(5-3-10)14-9-19-15-7-6-12(17)8-13(15)16(14)18/h2-9H,1H3. The minimum absolute atomic E-state index is 0.0624. The van der Waals surface area contributed by atoms with Gasteiger partial charge < -0.3 is 4.42 Å². The predicted molar refractivity (Wildman–Crippen MR) is 77.7 cm³/mol. The molecule has 0 unspecified atom stereocenters. The molecule has 0 fully saturated rings. The maximum atomic E-state index is 12.4. The lowest BCUT2D eigenvalue weighted by Gasteiger charge is -2.03. The van der Waals surface area contributed by atoms with Gasteiger partial charge in [-0.15, -0.1) is 0 Å². The second kappa shape index (κ2) is 4.56. The Kier molecular flexibility index (Phi) is 2.88. The molecular formula is C16H11ClO2. The van der Waals surface area contributed by atoms with Crippen molar-refractivity contribution in [3.63, 3.8) is 0 Å². The normalized spacial score (nSPS) is 10.8. The lowest BCUT2D eigenvalue weighted by Crippen LogP contribution is -2.04. The molecule has 0 aliphatic rings. The van der Waals surface area contributed by atoms with E-state index in [1.807, 2.05) is 31.2 Å². The second-order valence-corrected chi connectivity index (χ2v) is 4.92. The first-order chi connectivity index (χ1) is 9.15. The number of hydrogen-bond acceptors (Lipinski definition) is 2. The van der Waals surface area contributed by atoms with Gasteiger partial charge in [0.15, 0.2) is 0 Å². The summed E-state index contributed by atoms with van der Waals surface area (Å²) in [4.78, 5) is 12.4. The van der Waals surface area contributed by atoms with Crippen molar-refractivity contribution in [1.82, 2.24) is 0 Å². The molecular weight excluding hydrogens is 260 g/mol. The lowest BCUT2D eigenvalue weighted by atomic mass is 10.0. The average molecular weight is 271 g/mol. The fourth-order valence-electron chi connectivity index (χ4n) is 2.04. The van der Waals surface area contributed by atoms with E-state index in [1.54, 1.807) is 18.2 Å². The first-order valence-corrected chi connectivity index (χ1v) is 6.31. The third kappa shape index (κ3) is 2.15. The lowest BCUT2D eigenvalue weighted by molar-refractivity contribution is 0.604. The minimum atomic E-state index is -0.0624. The van der Waals surface area contributed by atoms with Gasteiger partial charge in [0, 0.05) is 5.02 Å². The molecule has 3 heteroatoms. The predicted octanol–water partition coefficient (Wildman–Crippen LogP) is 4.42. The fraction of sp³-hybridized carbons (Fsp3) is 0.0625. The highest BCUT2D eigenvalue weighted by Crippen LogP contribution is 2.22. The zero-order valence-corrected chi connectivity index (χ0v) is 11.1. The smallest absolute Gasteiger partial charge is 0.200 e. The first-order valence-electron chi connectivity index (χ1n) is 5.93. The molecule has 0 saturated carbocycles. The largest absolute Gasteiger partial charge is 0.463 e. The van der Waals surface area contributed by atoms with E-state index in [-0.39, 0.29) is 5.43 Å². The van der Waals surface area contributed by atoms with E-state index < -0.39 is 0 Å². The molecule has 0 atom stereocenters. The average Bonchev–Trinajstić information content (AvgIpc) is 2.41. The summed E-state index contributed by atoms with van der Waals surface area (Å²) in [5.41, 5.74) is 3.03. The molecule has 0 radical (unpaired) electrons. The molecule has 3 rings (SSSR count). The van der Waals surface area contributed by atoms with Crippen LogP contribution in [0.25, 0.3) is 22.1 Å². The van der Waals surface area contributed by atoms with Crippen molar-refractivity contribution < 1.29 is 4.42 Å². The summed E-state index contributed by atoms with van der Waals surface area (Å²) < 4.78 is 5.50. The quantitative estimate of drug-likeness (QED) is 0.655. The second-order valence-electron chi connectivity index (χ2n) is 4.49. The number of halogens is 1. The van der Waals surface area contributed by atoms with Gasteiger partial charge in [-0.3, -0.25) is 4.79 Å². The van der Waals surface area contributed by atoms with Crippen LogP contribution in [0.5, 0.6) is 0 Å². The molecule has 0 N–H and O–H groups in total. The molecule has 3 aromatic rings. The van der Waals surface area contributed by atoms with Gasteiger partial charge in [0.05, 0.1) is 10.9 Å². The first kappa shape index (κ1) is 12.0. The highest BCUT2D eigenvalue weighted by Gasteiger charge is 2.09. The van der Waals surface area contributed by atoms with Crippen LogP contribution in [0.15, 0.2) is 57.9 Å². The van der Waals surface area contributed by atoms with Crippen LogP contribution in [0.2, 0.25) is 5.02 Å². The highest BCUT2D eigenvalue weighted by molar-refractivity contribution is 6.31. The van der Waals surface area contributed by atoms with Crippen LogP contribution in [-0.4, -0.2) is 0 Å². The van der Waals surface area contributed by atoms with Gasteiger partial charge in [-0.1, -0.05) is 41.4 Å². The van der Waals surface area contributed by atoms with Gasteiger partial charge >= 0.3 is 0 Å². The monoisotopic (exact) mass is 270 g/mol. The van der Waals surface area contributed by atoms with Gasteiger partial charge in [-0.05, 0) is 30.7 Å². The molecule has 0 amide bonds. The Morgan fingerprint density at radius 2 is 1.79 bits per heavy atom. The molecule has 0 bridgehead atoms. The van der Waals surface area contributed by atoms with Gasteiger partial charge in [0.25, 0.3) is 0 Å². The number of fused-ring (bicyclic) bond motifs is 1.